The topological polar surface area (TPSA) is 159 Å². The van der Waals surface area contributed by atoms with Crippen molar-refractivity contribution < 1.29 is 32.5 Å². The quantitative estimate of drug-likeness (QED) is 0.127. The van der Waals surface area contributed by atoms with Crippen molar-refractivity contribution in [3.63, 3.8) is 0 Å². The number of rotatable bonds is 16. The lowest BCUT2D eigenvalue weighted by Gasteiger charge is -2.25. The molecule has 40 heavy (non-hydrogen) atoms. The summed E-state index contributed by atoms with van der Waals surface area (Å²) in [5, 5.41) is 9.02. The van der Waals surface area contributed by atoms with Gasteiger partial charge in [-0.1, -0.05) is 11.6 Å². The normalized spacial score (nSPS) is 11.5. The first-order valence-electron chi connectivity index (χ1n) is 11.9. The molecule has 1 atom stereocenters. The Morgan fingerprint density at radius 2 is 1.77 bits per heavy atom. The molecule has 1 unspecified atom stereocenters. The van der Waals surface area contributed by atoms with E-state index in [0.29, 0.717) is 59.3 Å². The SMILES string of the molecule is COc1ccc(Nc2nc(Nc3cc(OC)c(OC)c(OC)c3)ncc2Cl)c(CN(CCCNC=O)S(=O)[O-])c1. The zero-order chi connectivity index (χ0) is 29.1. The van der Waals surface area contributed by atoms with Crippen molar-refractivity contribution in [2.75, 3.05) is 52.2 Å². The molecule has 13 nitrogen and oxygen atoms in total. The smallest absolute Gasteiger partial charge is 0.229 e. The lowest BCUT2D eigenvalue weighted by atomic mass is 10.1. The van der Waals surface area contributed by atoms with Crippen LogP contribution in [-0.2, 0) is 22.6 Å². The van der Waals surface area contributed by atoms with Crippen LogP contribution in [0.25, 0.3) is 0 Å². The minimum absolute atomic E-state index is 0.0377. The summed E-state index contributed by atoms with van der Waals surface area (Å²) in [5.41, 5.74) is 1.74. The number of carbonyl (C=O) groups is 1. The fourth-order valence-electron chi connectivity index (χ4n) is 3.69. The molecule has 0 bridgehead atoms. The van der Waals surface area contributed by atoms with Crippen molar-refractivity contribution in [3.05, 3.63) is 47.1 Å². The van der Waals surface area contributed by atoms with E-state index in [9.17, 15) is 13.6 Å². The molecule has 2 aromatic carbocycles. The number of amides is 1. The van der Waals surface area contributed by atoms with E-state index >= 15 is 0 Å². The second kappa shape index (κ2) is 15.1. The summed E-state index contributed by atoms with van der Waals surface area (Å²) in [5.74, 6) is 2.38. The Balaban J connectivity index is 1.88. The molecule has 0 aliphatic carbocycles. The highest BCUT2D eigenvalue weighted by Crippen LogP contribution is 2.40. The van der Waals surface area contributed by atoms with E-state index in [1.54, 1.807) is 30.3 Å². The van der Waals surface area contributed by atoms with Gasteiger partial charge in [-0.2, -0.15) is 4.98 Å². The van der Waals surface area contributed by atoms with Gasteiger partial charge in [0.15, 0.2) is 17.3 Å². The number of hydrogen-bond donors (Lipinski definition) is 3. The molecule has 216 valence electrons. The first kappa shape index (κ1) is 30.7. The molecule has 15 heteroatoms. The number of nitrogens with zero attached hydrogens (tertiary/aromatic N) is 3. The summed E-state index contributed by atoms with van der Waals surface area (Å²) in [6.07, 6.45) is 2.44. The predicted molar refractivity (Wildman–Crippen MR) is 151 cm³/mol. The highest BCUT2D eigenvalue weighted by molar-refractivity contribution is 7.76. The Hall–Kier alpha value is -3.85. The summed E-state index contributed by atoms with van der Waals surface area (Å²) >= 11 is 3.90. The standard InChI is InChI=1S/C25H31ClN6O7S/c1-36-18-6-7-20(16(10-18)14-32(40(34)35)9-5-8-27-15-33)30-24-19(26)13-28-25(31-24)29-17-11-21(37-2)23(39-4)22(12-17)38-3/h6-7,10-13,15H,5,8-9,14H2,1-4H3,(H,27,33)(H,34,35)(H2,28,29,30,31)/p-1. The van der Waals surface area contributed by atoms with E-state index in [-0.39, 0.29) is 29.9 Å². The zero-order valence-electron chi connectivity index (χ0n) is 22.4. The minimum atomic E-state index is -2.50. The molecule has 0 aliphatic heterocycles. The lowest BCUT2D eigenvalue weighted by molar-refractivity contribution is -0.109. The maximum Gasteiger partial charge on any atom is 0.229 e. The maximum atomic E-state index is 11.9. The van der Waals surface area contributed by atoms with Crippen LogP contribution in [0, 0.1) is 0 Å². The van der Waals surface area contributed by atoms with Gasteiger partial charge in [0.05, 0.1) is 34.6 Å². The van der Waals surface area contributed by atoms with Crippen LogP contribution in [0.4, 0.5) is 23.1 Å². The highest BCUT2D eigenvalue weighted by Gasteiger charge is 2.16. The molecule has 0 saturated heterocycles. The zero-order valence-corrected chi connectivity index (χ0v) is 23.9. The number of carbonyl (C=O) groups excluding carboxylic acids is 1. The molecular formula is C25H30ClN6O7S-. The summed E-state index contributed by atoms with van der Waals surface area (Å²) in [6, 6.07) is 8.59. The molecule has 3 rings (SSSR count). The first-order chi connectivity index (χ1) is 19.3. The van der Waals surface area contributed by atoms with Gasteiger partial charge in [0, 0.05) is 54.4 Å². The van der Waals surface area contributed by atoms with Gasteiger partial charge in [-0.05, 0) is 30.2 Å². The number of nitrogens with one attached hydrogen (secondary N) is 3. The number of benzene rings is 2. The van der Waals surface area contributed by atoms with Crippen LogP contribution < -0.4 is 34.9 Å². The van der Waals surface area contributed by atoms with E-state index in [4.69, 9.17) is 30.5 Å². The molecule has 3 aromatic rings. The average molecular weight is 594 g/mol. The van der Waals surface area contributed by atoms with Crippen LogP contribution in [0.1, 0.15) is 12.0 Å². The maximum absolute atomic E-state index is 11.9. The first-order valence-corrected chi connectivity index (χ1v) is 13.3. The predicted octanol–water partition coefficient (Wildman–Crippen LogP) is 3.38. The largest absolute Gasteiger partial charge is 0.760 e. The molecule has 0 fully saturated rings. The highest BCUT2D eigenvalue weighted by atomic mass is 35.5. The summed E-state index contributed by atoms with van der Waals surface area (Å²) in [7, 11) is 6.06. The number of ether oxygens (including phenoxy) is 4. The molecule has 1 heterocycles. The van der Waals surface area contributed by atoms with E-state index in [2.05, 4.69) is 25.9 Å². The van der Waals surface area contributed by atoms with Gasteiger partial charge in [-0.15, -0.1) is 0 Å². The third-order valence-electron chi connectivity index (χ3n) is 5.60. The average Bonchev–Trinajstić information content (AvgIpc) is 2.96. The molecule has 0 aliphatic rings. The lowest BCUT2D eigenvalue weighted by Crippen LogP contribution is -2.29. The molecule has 0 spiro atoms. The van der Waals surface area contributed by atoms with Crippen molar-refractivity contribution in [2.45, 2.75) is 13.0 Å². The van der Waals surface area contributed by atoms with Gasteiger partial charge >= 0.3 is 0 Å². The second-order valence-electron chi connectivity index (χ2n) is 8.08. The van der Waals surface area contributed by atoms with Crippen molar-refractivity contribution >= 4 is 52.4 Å². The summed E-state index contributed by atoms with van der Waals surface area (Å²) < 4.78 is 46.6. The van der Waals surface area contributed by atoms with Crippen LogP contribution >= 0.6 is 11.6 Å². The van der Waals surface area contributed by atoms with E-state index in [0.717, 1.165) is 0 Å². The van der Waals surface area contributed by atoms with E-state index in [1.165, 1.54) is 38.9 Å². The monoisotopic (exact) mass is 593 g/mol. The molecule has 3 N–H and O–H groups in total. The summed E-state index contributed by atoms with van der Waals surface area (Å²) in [4.78, 5) is 19.2. The Morgan fingerprint density at radius 1 is 1.05 bits per heavy atom. The van der Waals surface area contributed by atoms with Crippen LogP contribution in [0.3, 0.4) is 0 Å². The molecule has 1 aromatic heterocycles. The number of aromatic nitrogens is 2. The van der Waals surface area contributed by atoms with Gasteiger partial charge < -0.3 is 39.5 Å². The summed E-state index contributed by atoms with van der Waals surface area (Å²) in [6.45, 7) is 0.583. The fourth-order valence-corrected chi connectivity index (χ4v) is 4.35. The molecule has 0 saturated carbocycles. The second-order valence-corrected chi connectivity index (χ2v) is 9.44. The van der Waals surface area contributed by atoms with Gasteiger partial charge in [-0.3, -0.25) is 9.00 Å². The van der Waals surface area contributed by atoms with Crippen molar-refractivity contribution in [2.24, 2.45) is 0 Å². The van der Waals surface area contributed by atoms with Crippen LogP contribution in [0.15, 0.2) is 36.5 Å². The van der Waals surface area contributed by atoms with Crippen molar-refractivity contribution in [1.29, 1.82) is 0 Å². The molecule has 1 amide bonds. The number of hydrogen-bond acceptors (Lipinski definition) is 11. The Bertz CT molecular complexity index is 1310. The Morgan fingerprint density at radius 3 is 2.38 bits per heavy atom. The fraction of sp³-hybridized carbons (Fsp3) is 0.320. The molecular weight excluding hydrogens is 564 g/mol. The van der Waals surface area contributed by atoms with E-state index < -0.39 is 11.3 Å². The minimum Gasteiger partial charge on any atom is -0.760 e. The van der Waals surface area contributed by atoms with Gasteiger partial charge in [0.2, 0.25) is 18.1 Å². The number of anilines is 4. The van der Waals surface area contributed by atoms with Crippen molar-refractivity contribution in [3.8, 4) is 23.0 Å². The molecule has 0 radical (unpaired) electrons. The Labute approximate surface area is 239 Å². The number of methoxy groups -OCH3 is 4. The van der Waals surface area contributed by atoms with E-state index in [1.807, 2.05) is 0 Å². The van der Waals surface area contributed by atoms with Gasteiger partial charge in [0.1, 0.15) is 10.8 Å². The number of halogens is 1. The van der Waals surface area contributed by atoms with Crippen LogP contribution in [0.2, 0.25) is 5.02 Å². The third-order valence-corrected chi connectivity index (χ3v) is 6.61. The van der Waals surface area contributed by atoms with Gasteiger partial charge in [-0.25, -0.2) is 9.29 Å². The van der Waals surface area contributed by atoms with Crippen LogP contribution in [-0.4, -0.2) is 71.0 Å². The Kier molecular flexibility index (Phi) is 11.6. The van der Waals surface area contributed by atoms with Gasteiger partial charge in [0.25, 0.3) is 0 Å². The van der Waals surface area contributed by atoms with Crippen LogP contribution in [0.5, 0.6) is 23.0 Å². The third kappa shape index (κ3) is 8.08. The van der Waals surface area contributed by atoms with Crippen molar-refractivity contribution in [1.82, 2.24) is 19.6 Å².